The van der Waals surface area contributed by atoms with Gasteiger partial charge in [0.25, 0.3) is 0 Å². The van der Waals surface area contributed by atoms with Gasteiger partial charge in [-0.1, -0.05) is 12.1 Å². The molecule has 2 aromatic rings. The number of alkyl halides is 2. The van der Waals surface area contributed by atoms with Crippen LogP contribution in [-0.4, -0.2) is 25.8 Å². The molecule has 0 amide bonds. The first-order chi connectivity index (χ1) is 10.1. The molecule has 0 spiro atoms. The Bertz CT molecular complexity index is 576. The molecule has 1 aromatic carbocycles. The van der Waals surface area contributed by atoms with Crippen molar-refractivity contribution in [3.8, 4) is 11.5 Å². The van der Waals surface area contributed by atoms with Crippen LogP contribution in [0.2, 0.25) is 0 Å². The Balaban J connectivity index is 2.24. The minimum atomic E-state index is -2.82. The van der Waals surface area contributed by atoms with Crippen LogP contribution in [0.1, 0.15) is 17.2 Å². The highest BCUT2D eigenvalue weighted by atomic mass is 19.3. The van der Waals surface area contributed by atoms with Gasteiger partial charge in [-0.3, -0.25) is 4.98 Å². The highest BCUT2D eigenvalue weighted by Crippen LogP contribution is 2.26. The van der Waals surface area contributed by atoms with Gasteiger partial charge in [-0.05, 0) is 36.4 Å². The van der Waals surface area contributed by atoms with Gasteiger partial charge in [0.1, 0.15) is 11.5 Å². The Morgan fingerprint density at radius 2 is 1.76 bits per heavy atom. The van der Waals surface area contributed by atoms with E-state index in [1.54, 1.807) is 31.6 Å². The topological polar surface area (TPSA) is 43.4 Å². The molecule has 0 aliphatic rings. The number of benzene rings is 1. The van der Waals surface area contributed by atoms with Crippen LogP contribution in [0, 0.1) is 0 Å². The lowest BCUT2D eigenvalue weighted by atomic mass is 10.0. The van der Waals surface area contributed by atoms with Crippen molar-refractivity contribution >= 4 is 0 Å². The molecule has 0 fully saturated rings. The van der Waals surface area contributed by atoms with Crippen LogP contribution >= 0.6 is 0 Å². The maximum Gasteiger partial charge on any atom is 0.387 e. The summed E-state index contributed by atoms with van der Waals surface area (Å²) in [5.41, 5.74) is 1.83. The zero-order chi connectivity index (χ0) is 15.2. The third kappa shape index (κ3) is 3.88. The molecule has 0 saturated heterocycles. The van der Waals surface area contributed by atoms with Gasteiger partial charge in [0.2, 0.25) is 0 Å². The molecule has 1 N–H and O–H groups in total. The summed E-state index contributed by atoms with van der Waals surface area (Å²) in [7, 11) is 3.39. The highest BCUT2D eigenvalue weighted by molar-refractivity contribution is 5.36. The first-order valence-corrected chi connectivity index (χ1v) is 6.35. The quantitative estimate of drug-likeness (QED) is 0.889. The summed E-state index contributed by atoms with van der Waals surface area (Å²) in [6.45, 7) is -2.82. The second kappa shape index (κ2) is 6.99. The lowest BCUT2D eigenvalue weighted by molar-refractivity contribution is -0.0498. The monoisotopic (exact) mass is 294 g/mol. The van der Waals surface area contributed by atoms with Gasteiger partial charge in [0, 0.05) is 6.20 Å². The number of ether oxygens (including phenoxy) is 2. The van der Waals surface area contributed by atoms with Gasteiger partial charge >= 0.3 is 6.61 Å². The highest BCUT2D eigenvalue weighted by Gasteiger charge is 2.14. The third-order valence-corrected chi connectivity index (χ3v) is 3.03. The van der Waals surface area contributed by atoms with E-state index in [1.165, 1.54) is 12.1 Å². The first kappa shape index (κ1) is 15.2. The summed E-state index contributed by atoms with van der Waals surface area (Å²) in [5.74, 6) is 0.790. The molecular formula is C15H16F2N2O2. The number of nitrogens with one attached hydrogen (secondary N) is 1. The summed E-state index contributed by atoms with van der Waals surface area (Å²) in [6.07, 6.45) is 3.35. The number of pyridine rings is 1. The van der Waals surface area contributed by atoms with Gasteiger partial charge in [-0.15, -0.1) is 0 Å². The number of hydrogen-bond donors (Lipinski definition) is 1. The molecule has 21 heavy (non-hydrogen) atoms. The van der Waals surface area contributed by atoms with Gasteiger partial charge in [0.05, 0.1) is 19.3 Å². The maximum absolute atomic E-state index is 12.1. The molecule has 0 radical (unpaired) electrons. The Hall–Kier alpha value is -2.21. The van der Waals surface area contributed by atoms with Crippen LogP contribution in [0.15, 0.2) is 42.7 Å². The summed E-state index contributed by atoms with van der Waals surface area (Å²) >= 11 is 0. The summed E-state index contributed by atoms with van der Waals surface area (Å²) in [5, 5.41) is 3.16. The van der Waals surface area contributed by atoms with Crippen LogP contribution in [0.5, 0.6) is 11.5 Å². The first-order valence-electron chi connectivity index (χ1n) is 6.35. The molecule has 1 heterocycles. The fraction of sp³-hybridized carbons (Fsp3) is 0.267. The van der Waals surface area contributed by atoms with E-state index >= 15 is 0 Å². The lowest BCUT2D eigenvalue weighted by Gasteiger charge is -2.18. The van der Waals surface area contributed by atoms with Crippen LogP contribution in [0.25, 0.3) is 0 Å². The summed E-state index contributed by atoms with van der Waals surface area (Å²) in [6, 6.07) is 8.25. The summed E-state index contributed by atoms with van der Waals surface area (Å²) < 4.78 is 33.8. The van der Waals surface area contributed by atoms with E-state index in [2.05, 4.69) is 15.0 Å². The van der Waals surface area contributed by atoms with Gasteiger partial charge in [0.15, 0.2) is 0 Å². The number of nitrogens with zero attached hydrogens (tertiary/aromatic N) is 1. The van der Waals surface area contributed by atoms with Crippen LogP contribution in [-0.2, 0) is 0 Å². The van der Waals surface area contributed by atoms with E-state index in [9.17, 15) is 8.78 Å². The molecule has 1 unspecified atom stereocenters. The molecule has 0 aliphatic heterocycles. The minimum absolute atomic E-state index is 0.117. The van der Waals surface area contributed by atoms with Gasteiger partial charge in [-0.2, -0.15) is 8.78 Å². The SMILES string of the molecule is CNC(c1ccc(OC(F)F)cc1)c1cncc(OC)c1. The molecule has 4 nitrogen and oxygen atoms in total. The Kier molecular flexibility index (Phi) is 5.05. The van der Waals surface area contributed by atoms with Gasteiger partial charge < -0.3 is 14.8 Å². The largest absolute Gasteiger partial charge is 0.495 e. The van der Waals surface area contributed by atoms with Crippen molar-refractivity contribution in [1.82, 2.24) is 10.3 Å². The fourth-order valence-electron chi connectivity index (χ4n) is 2.07. The Morgan fingerprint density at radius 3 is 2.33 bits per heavy atom. The second-order valence-electron chi connectivity index (χ2n) is 4.33. The average Bonchev–Trinajstić information content (AvgIpc) is 2.49. The van der Waals surface area contributed by atoms with Crippen molar-refractivity contribution in [1.29, 1.82) is 0 Å². The molecule has 112 valence electrons. The normalized spacial score (nSPS) is 12.2. The van der Waals surface area contributed by atoms with Crippen LogP contribution in [0.3, 0.4) is 0 Å². The Labute approximate surface area is 121 Å². The average molecular weight is 294 g/mol. The number of aromatic nitrogens is 1. The molecule has 1 aromatic heterocycles. The van der Waals surface area contributed by atoms with Crippen molar-refractivity contribution in [2.24, 2.45) is 0 Å². The molecule has 2 rings (SSSR count). The van der Waals surface area contributed by atoms with E-state index in [1.807, 2.05) is 13.1 Å². The Morgan fingerprint density at radius 1 is 1.05 bits per heavy atom. The zero-order valence-corrected chi connectivity index (χ0v) is 11.7. The third-order valence-electron chi connectivity index (χ3n) is 3.03. The van der Waals surface area contributed by atoms with Crippen molar-refractivity contribution in [3.63, 3.8) is 0 Å². The smallest absolute Gasteiger partial charge is 0.387 e. The molecule has 0 saturated carbocycles. The summed E-state index contributed by atoms with van der Waals surface area (Å²) in [4.78, 5) is 4.12. The standard InChI is InChI=1S/C15H16F2N2O2/c1-18-14(11-7-13(20-2)9-19-8-11)10-3-5-12(6-4-10)21-15(16)17/h3-9,14-15,18H,1-2H3. The lowest BCUT2D eigenvalue weighted by Crippen LogP contribution is -2.18. The fourth-order valence-corrected chi connectivity index (χ4v) is 2.07. The van der Waals surface area contributed by atoms with Crippen LogP contribution < -0.4 is 14.8 Å². The second-order valence-corrected chi connectivity index (χ2v) is 4.33. The van der Waals surface area contributed by atoms with E-state index in [4.69, 9.17) is 4.74 Å². The molecule has 0 aliphatic carbocycles. The van der Waals surface area contributed by atoms with E-state index < -0.39 is 6.61 Å². The van der Waals surface area contributed by atoms with Gasteiger partial charge in [-0.25, -0.2) is 0 Å². The number of hydrogen-bond acceptors (Lipinski definition) is 4. The number of rotatable bonds is 6. The molecular weight excluding hydrogens is 278 g/mol. The van der Waals surface area contributed by atoms with E-state index in [-0.39, 0.29) is 11.8 Å². The molecule has 1 atom stereocenters. The van der Waals surface area contributed by atoms with Crippen LogP contribution in [0.4, 0.5) is 8.78 Å². The predicted molar refractivity (Wildman–Crippen MR) is 74.8 cm³/mol. The van der Waals surface area contributed by atoms with Crippen molar-refractivity contribution < 1.29 is 18.3 Å². The zero-order valence-electron chi connectivity index (χ0n) is 11.7. The molecule has 6 heteroatoms. The van der Waals surface area contributed by atoms with Crippen molar-refractivity contribution in [2.45, 2.75) is 12.7 Å². The minimum Gasteiger partial charge on any atom is -0.495 e. The number of halogens is 2. The molecule has 0 bridgehead atoms. The maximum atomic E-state index is 12.1. The van der Waals surface area contributed by atoms with Crippen molar-refractivity contribution in [3.05, 3.63) is 53.9 Å². The van der Waals surface area contributed by atoms with E-state index in [0.29, 0.717) is 5.75 Å². The predicted octanol–water partition coefficient (Wildman–Crippen LogP) is 3.00. The van der Waals surface area contributed by atoms with Crippen molar-refractivity contribution in [2.75, 3.05) is 14.2 Å². The van der Waals surface area contributed by atoms with E-state index in [0.717, 1.165) is 11.1 Å². The number of methoxy groups -OCH3 is 1.